The zero-order chi connectivity index (χ0) is 13.1. The summed E-state index contributed by atoms with van der Waals surface area (Å²) in [7, 11) is 0. The van der Waals surface area contributed by atoms with Crippen LogP contribution < -0.4 is 0 Å². The number of halogens is 2. The minimum absolute atomic E-state index is 0.128. The molecule has 4 nitrogen and oxygen atoms in total. The van der Waals surface area contributed by atoms with Crippen LogP contribution in [0.15, 0.2) is 29.0 Å². The summed E-state index contributed by atoms with van der Waals surface area (Å²) >= 11 is 9.17. The predicted molar refractivity (Wildman–Crippen MR) is 71.2 cm³/mol. The highest BCUT2D eigenvalue weighted by Crippen LogP contribution is 2.29. The first-order chi connectivity index (χ1) is 8.63. The number of aromatic nitrogens is 3. The molecule has 0 spiro atoms. The molecule has 2 rings (SSSR count). The molecule has 0 aliphatic heterocycles. The second kappa shape index (κ2) is 5.42. The van der Waals surface area contributed by atoms with Gasteiger partial charge in [0.15, 0.2) is 0 Å². The lowest BCUT2D eigenvalue weighted by atomic mass is 9.99. The standard InChI is InChI=1S/C12H8BrClN4/c1-7-6-17-12(14)18-10(7)8(5-15)11-9(13)3-2-4-16-11/h2-4,6,8H,1H3. The van der Waals surface area contributed by atoms with Gasteiger partial charge in [0.05, 0.1) is 17.5 Å². The summed E-state index contributed by atoms with van der Waals surface area (Å²) in [6.07, 6.45) is 3.24. The summed E-state index contributed by atoms with van der Waals surface area (Å²) < 4.78 is 0.769. The van der Waals surface area contributed by atoms with Gasteiger partial charge in [0.25, 0.3) is 0 Å². The largest absolute Gasteiger partial charge is 0.258 e. The van der Waals surface area contributed by atoms with E-state index in [0.717, 1.165) is 10.0 Å². The van der Waals surface area contributed by atoms with E-state index in [1.54, 1.807) is 18.5 Å². The lowest BCUT2D eigenvalue weighted by Crippen LogP contribution is -2.07. The van der Waals surface area contributed by atoms with Crippen molar-refractivity contribution in [3.8, 4) is 6.07 Å². The van der Waals surface area contributed by atoms with E-state index in [0.29, 0.717) is 11.4 Å². The molecule has 2 aromatic rings. The van der Waals surface area contributed by atoms with E-state index in [4.69, 9.17) is 11.6 Å². The molecule has 0 aliphatic carbocycles. The van der Waals surface area contributed by atoms with Gasteiger partial charge in [-0.2, -0.15) is 5.26 Å². The Morgan fingerprint density at radius 1 is 1.39 bits per heavy atom. The molecule has 0 fully saturated rings. The molecule has 0 bridgehead atoms. The molecule has 0 saturated carbocycles. The average molecular weight is 324 g/mol. The highest BCUT2D eigenvalue weighted by atomic mass is 79.9. The molecule has 2 heterocycles. The van der Waals surface area contributed by atoms with E-state index in [1.807, 2.05) is 13.0 Å². The minimum Gasteiger partial charge on any atom is -0.258 e. The van der Waals surface area contributed by atoms with E-state index in [2.05, 4.69) is 37.0 Å². The number of hydrogen-bond acceptors (Lipinski definition) is 4. The van der Waals surface area contributed by atoms with Crippen molar-refractivity contribution < 1.29 is 0 Å². The Hall–Kier alpha value is -1.51. The maximum atomic E-state index is 9.36. The Labute approximate surface area is 118 Å². The number of hydrogen-bond donors (Lipinski definition) is 0. The van der Waals surface area contributed by atoms with Gasteiger partial charge in [-0.15, -0.1) is 0 Å². The third-order valence-corrected chi connectivity index (χ3v) is 3.30. The van der Waals surface area contributed by atoms with Gasteiger partial charge in [0.2, 0.25) is 5.28 Å². The van der Waals surface area contributed by atoms with Crippen LogP contribution in [-0.2, 0) is 0 Å². The second-order valence-corrected chi connectivity index (χ2v) is 4.83. The van der Waals surface area contributed by atoms with Crippen LogP contribution in [0.2, 0.25) is 5.28 Å². The van der Waals surface area contributed by atoms with Crippen molar-refractivity contribution in [1.82, 2.24) is 15.0 Å². The fourth-order valence-corrected chi connectivity index (χ4v) is 2.21. The van der Waals surface area contributed by atoms with E-state index in [-0.39, 0.29) is 5.28 Å². The quantitative estimate of drug-likeness (QED) is 0.796. The van der Waals surface area contributed by atoms with Crippen LogP contribution in [0.25, 0.3) is 0 Å². The van der Waals surface area contributed by atoms with Crippen LogP contribution >= 0.6 is 27.5 Å². The Kier molecular flexibility index (Phi) is 3.90. The predicted octanol–water partition coefficient (Wildman–Crippen LogP) is 3.25. The molecule has 1 unspecified atom stereocenters. The van der Waals surface area contributed by atoms with Crippen molar-refractivity contribution >= 4 is 27.5 Å². The fourth-order valence-electron chi connectivity index (χ4n) is 1.59. The molecule has 1 atom stereocenters. The van der Waals surface area contributed by atoms with Gasteiger partial charge in [-0.05, 0) is 52.2 Å². The van der Waals surface area contributed by atoms with Crippen LogP contribution in [0.5, 0.6) is 0 Å². The molecule has 2 aromatic heterocycles. The van der Waals surface area contributed by atoms with Crippen LogP contribution in [0.3, 0.4) is 0 Å². The zero-order valence-electron chi connectivity index (χ0n) is 9.43. The molecule has 0 aliphatic rings. The van der Waals surface area contributed by atoms with Crippen molar-refractivity contribution in [1.29, 1.82) is 5.26 Å². The lowest BCUT2D eigenvalue weighted by molar-refractivity contribution is 0.880. The number of aryl methyl sites for hydroxylation is 1. The second-order valence-electron chi connectivity index (χ2n) is 3.64. The van der Waals surface area contributed by atoms with Gasteiger partial charge in [-0.3, -0.25) is 4.98 Å². The molecular weight excluding hydrogens is 316 g/mol. The van der Waals surface area contributed by atoms with Gasteiger partial charge in [0, 0.05) is 16.9 Å². The van der Waals surface area contributed by atoms with Crippen molar-refractivity contribution in [3.05, 3.63) is 51.2 Å². The molecule has 0 aromatic carbocycles. The van der Waals surface area contributed by atoms with Gasteiger partial charge in [0.1, 0.15) is 5.92 Å². The number of rotatable bonds is 2. The maximum absolute atomic E-state index is 9.36. The maximum Gasteiger partial charge on any atom is 0.222 e. The Morgan fingerprint density at radius 3 is 2.83 bits per heavy atom. The fraction of sp³-hybridized carbons (Fsp3) is 0.167. The molecular formula is C12H8BrClN4. The summed E-state index contributed by atoms with van der Waals surface area (Å²) in [5, 5.41) is 9.49. The topological polar surface area (TPSA) is 62.5 Å². The van der Waals surface area contributed by atoms with Crippen molar-refractivity contribution in [2.45, 2.75) is 12.8 Å². The van der Waals surface area contributed by atoms with Crippen molar-refractivity contribution in [2.75, 3.05) is 0 Å². The molecule has 0 radical (unpaired) electrons. The number of pyridine rings is 1. The average Bonchev–Trinajstić information content (AvgIpc) is 2.36. The first-order valence-corrected chi connectivity index (χ1v) is 6.29. The minimum atomic E-state index is -0.568. The monoisotopic (exact) mass is 322 g/mol. The van der Waals surface area contributed by atoms with E-state index < -0.39 is 5.92 Å². The summed E-state index contributed by atoms with van der Waals surface area (Å²) in [6, 6.07) is 5.83. The molecule has 6 heteroatoms. The highest BCUT2D eigenvalue weighted by molar-refractivity contribution is 9.10. The lowest BCUT2D eigenvalue weighted by Gasteiger charge is -2.12. The van der Waals surface area contributed by atoms with Crippen LogP contribution in [0.1, 0.15) is 22.9 Å². The Balaban J connectivity index is 2.57. The summed E-state index contributed by atoms with van der Waals surface area (Å²) in [6.45, 7) is 1.84. The zero-order valence-corrected chi connectivity index (χ0v) is 11.8. The van der Waals surface area contributed by atoms with Crippen molar-refractivity contribution in [3.63, 3.8) is 0 Å². The van der Waals surface area contributed by atoms with Crippen LogP contribution in [0.4, 0.5) is 0 Å². The van der Waals surface area contributed by atoms with Gasteiger partial charge < -0.3 is 0 Å². The Morgan fingerprint density at radius 2 is 2.17 bits per heavy atom. The normalized spacial score (nSPS) is 11.9. The molecule has 18 heavy (non-hydrogen) atoms. The highest BCUT2D eigenvalue weighted by Gasteiger charge is 2.21. The summed E-state index contributed by atoms with van der Waals surface area (Å²) in [5.41, 5.74) is 2.01. The van der Waals surface area contributed by atoms with Crippen molar-refractivity contribution in [2.24, 2.45) is 0 Å². The molecule has 90 valence electrons. The third-order valence-electron chi connectivity index (χ3n) is 2.44. The molecule has 0 N–H and O–H groups in total. The van der Waals surface area contributed by atoms with E-state index in [1.165, 1.54) is 0 Å². The first-order valence-electron chi connectivity index (χ1n) is 5.12. The first kappa shape index (κ1) is 12.9. The molecule has 0 saturated heterocycles. The van der Waals surface area contributed by atoms with Crippen LogP contribution in [-0.4, -0.2) is 15.0 Å². The number of nitrogens with zero attached hydrogens (tertiary/aromatic N) is 4. The SMILES string of the molecule is Cc1cnc(Cl)nc1C(C#N)c1ncccc1Br. The smallest absolute Gasteiger partial charge is 0.222 e. The summed E-state index contributed by atoms with van der Waals surface area (Å²) in [4.78, 5) is 12.2. The number of nitriles is 1. The van der Waals surface area contributed by atoms with Crippen LogP contribution in [0, 0.1) is 18.3 Å². The Bertz CT molecular complexity index is 624. The molecule has 0 amide bonds. The third kappa shape index (κ3) is 2.50. The van der Waals surface area contributed by atoms with E-state index >= 15 is 0 Å². The summed E-state index contributed by atoms with van der Waals surface area (Å²) in [5.74, 6) is -0.568. The van der Waals surface area contributed by atoms with Gasteiger partial charge in [-0.25, -0.2) is 9.97 Å². The van der Waals surface area contributed by atoms with E-state index in [9.17, 15) is 5.26 Å². The van der Waals surface area contributed by atoms with Gasteiger partial charge >= 0.3 is 0 Å². The van der Waals surface area contributed by atoms with Gasteiger partial charge in [-0.1, -0.05) is 0 Å².